The normalized spacial score (nSPS) is 22.5. The number of ether oxygens (including phenoxy) is 2. The second-order valence-corrected chi connectivity index (χ2v) is 6.53. The average molecular weight is 342 g/mol. The van der Waals surface area contributed by atoms with Crippen molar-refractivity contribution in [1.82, 2.24) is 15.1 Å². The van der Waals surface area contributed by atoms with E-state index in [1.54, 1.807) is 4.68 Å². The number of rotatable bonds is 3. The molecule has 4 rings (SSSR count). The number of aryl methyl sites for hydroxylation is 1. The van der Waals surface area contributed by atoms with Gasteiger partial charge in [0.2, 0.25) is 6.10 Å². The Kier molecular flexibility index (Phi) is 4.21. The molecule has 0 bridgehead atoms. The number of carbonyl (C=O) groups is 1. The Balaban J connectivity index is 1.36. The van der Waals surface area contributed by atoms with Gasteiger partial charge >= 0.3 is 0 Å². The number of carbonyl (C=O) groups excluding carboxylic acids is 1. The molecule has 132 valence electrons. The van der Waals surface area contributed by atoms with Crippen LogP contribution in [0, 0.1) is 0 Å². The van der Waals surface area contributed by atoms with E-state index < -0.39 is 6.10 Å². The fourth-order valence-electron chi connectivity index (χ4n) is 3.34. The highest BCUT2D eigenvalue weighted by atomic mass is 16.6. The zero-order valence-electron chi connectivity index (χ0n) is 14.2. The van der Waals surface area contributed by atoms with Gasteiger partial charge in [-0.15, -0.1) is 0 Å². The van der Waals surface area contributed by atoms with Gasteiger partial charge in [0, 0.05) is 32.4 Å². The number of aromatic nitrogens is 2. The summed E-state index contributed by atoms with van der Waals surface area (Å²) in [5.41, 5.74) is 1.09. The molecule has 1 amide bonds. The van der Waals surface area contributed by atoms with Crippen molar-refractivity contribution in [3.8, 4) is 11.5 Å². The summed E-state index contributed by atoms with van der Waals surface area (Å²) in [6.45, 7) is 2.00. The molecule has 7 nitrogen and oxygen atoms in total. The lowest BCUT2D eigenvalue weighted by Crippen LogP contribution is -2.53. The zero-order chi connectivity index (χ0) is 17.2. The highest BCUT2D eigenvalue weighted by molar-refractivity contribution is 5.82. The van der Waals surface area contributed by atoms with Crippen LogP contribution in [0.5, 0.6) is 11.5 Å². The van der Waals surface area contributed by atoms with Crippen molar-refractivity contribution in [1.29, 1.82) is 0 Å². The molecular weight excluding hydrogens is 320 g/mol. The quantitative estimate of drug-likeness (QED) is 0.912. The summed E-state index contributed by atoms with van der Waals surface area (Å²) in [5, 5.41) is 7.34. The minimum Gasteiger partial charge on any atom is -0.485 e. The largest absolute Gasteiger partial charge is 0.485 e. The van der Waals surface area contributed by atoms with E-state index in [1.165, 1.54) is 0 Å². The number of nitrogens with zero attached hydrogens (tertiary/aromatic N) is 3. The number of piperidine rings is 1. The lowest BCUT2D eigenvalue weighted by atomic mass is 10.0. The lowest BCUT2D eigenvalue weighted by Gasteiger charge is -2.35. The van der Waals surface area contributed by atoms with E-state index in [9.17, 15) is 4.79 Å². The van der Waals surface area contributed by atoms with Crippen LogP contribution in [-0.2, 0) is 11.8 Å². The van der Waals surface area contributed by atoms with Crippen LogP contribution in [0.2, 0.25) is 0 Å². The first-order valence-electron chi connectivity index (χ1n) is 8.61. The Morgan fingerprint density at radius 1 is 1.32 bits per heavy atom. The molecule has 1 N–H and O–H groups in total. The predicted octanol–water partition coefficient (Wildman–Crippen LogP) is 1.35. The predicted molar refractivity (Wildman–Crippen MR) is 92.9 cm³/mol. The van der Waals surface area contributed by atoms with Crippen molar-refractivity contribution in [2.45, 2.75) is 25.0 Å². The highest BCUT2D eigenvalue weighted by Crippen LogP contribution is 2.31. The molecule has 2 aliphatic rings. The van der Waals surface area contributed by atoms with Crippen LogP contribution in [0.15, 0.2) is 36.7 Å². The van der Waals surface area contributed by atoms with Crippen LogP contribution >= 0.6 is 0 Å². The van der Waals surface area contributed by atoms with Crippen molar-refractivity contribution in [3.63, 3.8) is 0 Å². The standard InChI is InChI=1S/C18H22N4O3/c1-21-11-14(9-19-21)22-8-4-5-13(10-22)20-18(23)17-12-24-15-6-2-3-7-16(15)25-17/h2-3,6-7,9,11,13,17H,4-5,8,10,12H2,1H3,(H,20,23). The number of amides is 1. The number of anilines is 1. The minimum absolute atomic E-state index is 0.0993. The van der Waals surface area contributed by atoms with Gasteiger partial charge in [-0.1, -0.05) is 12.1 Å². The highest BCUT2D eigenvalue weighted by Gasteiger charge is 2.30. The summed E-state index contributed by atoms with van der Waals surface area (Å²) in [4.78, 5) is 14.8. The van der Waals surface area contributed by atoms with Crippen LogP contribution in [-0.4, -0.2) is 47.5 Å². The molecule has 1 saturated heterocycles. The van der Waals surface area contributed by atoms with Crippen molar-refractivity contribution < 1.29 is 14.3 Å². The average Bonchev–Trinajstić information content (AvgIpc) is 3.08. The molecule has 0 aliphatic carbocycles. The monoisotopic (exact) mass is 342 g/mol. The molecule has 2 atom stereocenters. The van der Waals surface area contributed by atoms with Crippen molar-refractivity contribution >= 4 is 11.6 Å². The van der Waals surface area contributed by atoms with Gasteiger partial charge in [-0.05, 0) is 25.0 Å². The zero-order valence-corrected chi connectivity index (χ0v) is 14.2. The summed E-state index contributed by atoms with van der Waals surface area (Å²) < 4.78 is 13.2. The second kappa shape index (κ2) is 6.66. The smallest absolute Gasteiger partial charge is 0.264 e. The van der Waals surface area contributed by atoms with Crippen molar-refractivity contribution in [2.75, 3.05) is 24.6 Å². The molecule has 7 heteroatoms. The Morgan fingerprint density at radius 2 is 2.16 bits per heavy atom. The van der Waals surface area contributed by atoms with Gasteiger partial charge in [0.25, 0.3) is 5.91 Å². The van der Waals surface area contributed by atoms with E-state index >= 15 is 0 Å². The molecule has 1 aromatic heterocycles. The molecule has 2 aromatic rings. The number of hydrogen-bond acceptors (Lipinski definition) is 5. The number of para-hydroxylation sites is 2. The molecule has 3 heterocycles. The van der Waals surface area contributed by atoms with Crippen molar-refractivity contribution in [3.05, 3.63) is 36.7 Å². The summed E-state index contributed by atoms with van der Waals surface area (Å²) >= 11 is 0. The molecule has 1 fully saturated rings. The van der Waals surface area contributed by atoms with Crippen LogP contribution in [0.25, 0.3) is 0 Å². The Hall–Kier alpha value is -2.70. The summed E-state index contributed by atoms with van der Waals surface area (Å²) in [6, 6.07) is 7.52. The molecular formula is C18H22N4O3. The molecule has 0 spiro atoms. The lowest BCUT2D eigenvalue weighted by molar-refractivity contribution is -0.131. The summed E-state index contributed by atoms with van der Waals surface area (Å²) in [7, 11) is 1.91. The molecule has 2 unspecified atom stereocenters. The Labute approximate surface area is 146 Å². The number of benzene rings is 1. The van der Waals surface area contributed by atoms with E-state index in [0.29, 0.717) is 11.5 Å². The maximum Gasteiger partial charge on any atom is 0.264 e. The van der Waals surface area contributed by atoms with E-state index in [4.69, 9.17) is 9.47 Å². The molecule has 0 saturated carbocycles. The van der Waals surface area contributed by atoms with Gasteiger partial charge < -0.3 is 19.7 Å². The minimum atomic E-state index is -0.608. The van der Waals surface area contributed by atoms with Crippen LogP contribution in [0.3, 0.4) is 0 Å². The second-order valence-electron chi connectivity index (χ2n) is 6.53. The van der Waals surface area contributed by atoms with Crippen LogP contribution in [0.4, 0.5) is 5.69 Å². The topological polar surface area (TPSA) is 68.6 Å². The van der Waals surface area contributed by atoms with Gasteiger partial charge in [0.1, 0.15) is 6.61 Å². The first kappa shape index (κ1) is 15.8. The molecule has 25 heavy (non-hydrogen) atoms. The van der Waals surface area contributed by atoms with E-state index in [1.807, 2.05) is 43.7 Å². The maximum absolute atomic E-state index is 12.6. The van der Waals surface area contributed by atoms with Crippen LogP contribution < -0.4 is 19.7 Å². The SMILES string of the molecule is Cn1cc(N2CCCC(NC(=O)C3COc4ccccc4O3)C2)cn1. The van der Waals surface area contributed by atoms with E-state index in [2.05, 4.69) is 15.3 Å². The summed E-state index contributed by atoms with van der Waals surface area (Å²) in [6.07, 6.45) is 5.25. The fourth-order valence-corrected chi connectivity index (χ4v) is 3.34. The van der Waals surface area contributed by atoms with Crippen molar-refractivity contribution in [2.24, 2.45) is 7.05 Å². The fraction of sp³-hybridized carbons (Fsp3) is 0.444. The van der Waals surface area contributed by atoms with Gasteiger partial charge in [-0.3, -0.25) is 9.48 Å². The van der Waals surface area contributed by atoms with E-state index in [0.717, 1.165) is 31.6 Å². The third-order valence-corrected chi connectivity index (χ3v) is 4.63. The van der Waals surface area contributed by atoms with E-state index in [-0.39, 0.29) is 18.6 Å². The Bertz CT molecular complexity index is 760. The number of hydrogen-bond donors (Lipinski definition) is 1. The van der Waals surface area contributed by atoms with Gasteiger partial charge in [0.05, 0.1) is 11.9 Å². The Morgan fingerprint density at radius 3 is 2.96 bits per heavy atom. The first-order valence-corrected chi connectivity index (χ1v) is 8.61. The van der Waals surface area contributed by atoms with Gasteiger partial charge in [0.15, 0.2) is 11.5 Å². The molecule has 1 aromatic carbocycles. The maximum atomic E-state index is 12.6. The third-order valence-electron chi connectivity index (χ3n) is 4.63. The van der Waals surface area contributed by atoms with Gasteiger partial charge in [-0.25, -0.2) is 0 Å². The van der Waals surface area contributed by atoms with Crippen LogP contribution in [0.1, 0.15) is 12.8 Å². The van der Waals surface area contributed by atoms with Gasteiger partial charge in [-0.2, -0.15) is 5.10 Å². The summed E-state index contributed by atoms with van der Waals surface area (Å²) in [5.74, 6) is 1.19. The number of fused-ring (bicyclic) bond motifs is 1. The first-order chi connectivity index (χ1) is 12.2. The molecule has 2 aliphatic heterocycles. The molecule has 0 radical (unpaired) electrons. The number of nitrogens with one attached hydrogen (secondary N) is 1. The third kappa shape index (κ3) is 3.40.